The van der Waals surface area contributed by atoms with Gasteiger partial charge in [0.05, 0.1) is 5.69 Å². The molecule has 84 valence electrons. The summed E-state index contributed by atoms with van der Waals surface area (Å²) in [5.74, 6) is 1.42. The Hall–Kier alpha value is -1.56. The van der Waals surface area contributed by atoms with Crippen molar-refractivity contribution in [3.05, 3.63) is 24.0 Å². The summed E-state index contributed by atoms with van der Waals surface area (Å²) in [6.45, 7) is 4.57. The molecule has 1 aliphatic carbocycles. The molecule has 0 spiro atoms. The number of pyridine rings is 1. The fourth-order valence-corrected chi connectivity index (χ4v) is 2.38. The molecule has 0 aliphatic heterocycles. The fourth-order valence-electron chi connectivity index (χ4n) is 2.38. The van der Waals surface area contributed by atoms with Gasteiger partial charge in [0, 0.05) is 12.2 Å². The Morgan fingerprint density at radius 2 is 2.25 bits per heavy atom. The second-order valence-corrected chi connectivity index (χ2v) is 4.68. The maximum atomic E-state index is 8.96. The molecule has 0 amide bonds. The van der Waals surface area contributed by atoms with E-state index in [2.05, 4.69) is 30.2 Å². The fraction of sp³-hybridized carbons (Fsp3) is 0.538. The van der Waals surface area contributed by atoms with Crippen LogP contribution in [0, 0.1) is 23.2 Å². The Morgan fingerprint density at radius 3 is 2.88 bits per heavy atom. The van der Waals surface area contributed by atoms with E-state index in [1.807, 2.05) is 12.1 Å². The van der Waals surface area contributed by atoms with Crippen LogP contribution in [-0.2, 0) is 0 Å². The standard InChI is InChI=1S/C13H17N3/c1-9-5-6-11(10(9)2)16-12-4-3-7-15-13(12)8-14/h3-4,7,9-11,16H,5-6H2,1-2H3. The molecule has 1 fully saturated rings. The van der Waals surface area contributed by atoms with E-state index in [4.69, 9.17) is 5.26 Å². The molecule has 1 aliphatic rings. The molecular weight excluding hydrogens is 198 g/mol. The Bertz CT molecular complexity index is 408. The van der Waals surface area contributed by atoms with Gasteiger partial charge in [0.1, 0.15) is 6.07 Å². The van der Waals surface area contributed by atoms with E-state index in [1.165, 1.54) is 12.8 Å². The lowest BCUT2D eigenvalue weighted by Crippen LogP contribution is -2.24. The Kier molecular flexibility index (Phi) is 3.09. The molecule has 3 atom stereocenters. The molecule has 0 aromatic carbocycles. The van der Waals surface area contributed by atoms with Crippen molar-refractivity contribution in [2.24, 2.45) is 11.8 Å². The van der Waals surface area contributed by atoms with Gasteiger partial charge in [-0.2, -0.15) is 5.26 Å². The lowest BCUT2D eigenvalue weighted by Gasteiger charge is -2.21. The van der Waals surface area contributed by atoms with Crippen molar-refractivity contribution in [1.29, 1.82) is 5.26 Å². The Labute approximate surface area is 96.5 Å². The number of nitriles is 1. The maximum Gasteiger partial charge on any atom is 0.163 e. The van der Waals surface area contributed by atoms with Gasteiger partial charge in [0.25, 0.3) is 0 Å². The van der Waals surface area contributed by atoms with Gasteiger partial charge in [-0.1, -0.05) is 13.8 Å². The number of anilines is 1. The molecule has 2 rings (SSSR count). The summed E-state index contributed by atoms with van der Waals surface area (Å²) in [6, 6.07) is 6.40. The molecule has 0 saturated heterocycles. The number of aromatic nitrogens is 1. The van der Waals surface area contributed by atoms with Gasteiger partial charge in [-0.3, -0.25) is 0 Å². The first-order chi connectivity index (χ1) is 7.72. The predicted octanol–water partition coefficient (Wildman–Crippen LogP) is 2.80. The zero-order valence-electron chi connectivity index (χ0n) is 9.77. The molecule has 16 heavy (non-hydrogen) atoms. The first-order valence-corrected chi connectivity index (χ1v) is 5.84. The highest BCUT2D eigenvalue weighted by molar-refractivity contribution is 5.54. The van der Waals surface area contributed by atoms with Crippen molar-refractivity contribution in [2.45, 2.75) is 32.7 Å². The van der Waals surface area contributed by atoms with Crippen LogP contribution >= 0.6 is 0 Å². The highest BCUT2D eigenvalue weighted by atomic mass is 15.0. The van der Waals surface area contributed by atoms with Crippen molar-refractivity contribution >= 4 is 5.69 Å². The van der Waals surface area contributed by atoms with Crippen LogP contribution in [0.1, 0.15) is 32.4 Å². The van der Waals surface area contributed by atoms with Crippen molar-refractivity contribution in [3.63, 3.8) is 0 Å². The minimum Gasteiger partial charge on any atom is -0.380 e. The Balaban J connectivity index is 2.13. The smallest absolute Gasteiger partial charge is 0.163 e. The third kappa shape index (κ3) is 2.01. The lowest BCUT2D eigenvalue weighted by atomic mass is 9.97. The van der Waals surface area contributed by atoms with E-state index in [1.54, 1.807) is 6.20 Å². The van der Waals surface area contributed by atoms with Gasteiger partial charge in [0.2, 0.25) is 0 Å². The van der Waals surface area contributed by atoms with E-state index in [0.29, 0.717) is 17.7 Å². The number of rotatable bonds is 2. The van der Waals surface area contributed by atoms with E-state index in [0.717, 1.165) is 11.6 Å². The lowest BCUT2D eigenvalue weighted by molar-refractivity contribution is 0.435. The van der Waals surface area contributed by atoms with Gasteiger partial charge in [0.15, 0.2) is 5.69 Å². The van der Waals surface area contributed by atoms with Crippen LogP contribution < -0.4 is 5.32 Å². The molecule has 1 saturated carbocycles. The number of nitrogens with zero attached hydrogens (tertiary/aromatic N) is 2. The quantitative estimate of drug-likeness (QED) is 0.825. The maximum absolute atomic E-state index is 8.96. The largest absolute Gasteiger partial charge is 0.380 e. The van der Waals surface area contributed by atoms with Crippen molar-refractivity contribution in [3.8, 4) is 6.07 Å². The van der Waals surface area contributed by atoms with Crippen LogP contribution in [0.2, 0.25) is 0 Å². The Morgan fingerprint density at radius 1 is 1.44 bits per heavy atom. The van der Waals surface area contributed by atoms with Crippen LogP contribution in [-0.4, -0.2) is 11.0 Å². The van der Waals surface area contributed by atoms with Gasteiger partial charge >= 0.3 is 0 Å². The van der Waals surface area contributed by atoms with E-state index in [9.17, 15) is 0 Å². The van der Waals surface area contributed by atoms with Gasteiger partial charge in [-0.25, -0.2) is 4.98 Å². The first-order valence-electron chi connectivity index (χ1n) is 5.84. The molecule has 3 nitrogen and oxygen atoms in total. The second kappa shape index (κ2) is 4.52. The van der Waals surface area contributed by atoms with Crippen LogP contribution in [0.3, 0.4) is 0 Å². The molecule has 1 heterocycles. The predicted molar refractivity (Wildman–Crippen MR) is 63.9 cm³/mol. The number of hydrogen-bond acceptors (Lipinski definition) is 3. The summed E-state index contributed by atoms with van der Waals surface area (Å²) in [5, 5.41) is 12.4. The van der Waals surface area contributed by atoms with Crippen LogP contribution in [0.15, 0.2) is 18.3 Å². The van der Waals surface area contributed by atoms with Crippen molar-refractivity contribution in [1.82, 2.24) is 4.98 Å². The number of nitrogens with one attached hydrogen (secondary N) is 1. The molecule has 3 heteroatoms. The van der Waals surface area contributed by atoms with Crippen LogP contribution in [0.5, 0.6) is 0 Å². The molecule has 0 radical (unpaired) electrons. The second-order valence-electron chi connectivity index (χ2n) is 4.68. The molecular formula is C13H17N3. The summed E-state index contributed by atoms with van der Waals surface area (Å²) in [4.78, 5) is 4.06. The highest BCUT2D eigenvalue weighted by Gasteiger charge is 2.29. The van der Waals surface area contributed by atoms with Gasteiger partial charge < -0.3 is 5.32 Å². The SMILES string of the molecule is CC1CCC(Nc2cccnc2C#N)C1C. The third-order valence-corrected chi connectivity index (χ3v) is 3.72. The summed E-state index contributed by atoms with van der Waals surface area (Å²) >= 11 is 0. The average Bonchev–Trinajstić information content (AvgIpc) is 2.62. The highest BCUT2D eigenvalue weighted by Crippen LogP contribution is 2.33. The normalized spacial score (nSPS) is 28.7. The van der Waals surface area contributed by atoms with Crippen LogP contribution in [0.4, 0.5) is 5.69 Å². The van der Waals surface area contributed by atoms with Gasteiger partial charge in [-0.15, -0.1) is 0 Å². The monoisotopic (exact) mass is 215 g/mol. The summed E-state index contributed by atoms with van der Waals surface area (Å²) in [6.07, 6.45) is 4.10. The summed E-state index contributed by atoms with van der Waals surface area (Å²) in [5.41, 5.74) is 1.37. The first kappa shape index (κ1) is 10.9. The molecule has 1 aromatic heterocycles. The van der Waals surface area contributed by atoms with E-state index < -0.39 is 0 Å². The molecule has 0 bridgehead atoms. The average molecular weight is 215 g/mol. The summed E-state index contributed by atoms with van der Waals surface area (Å²) < 4.78 is 0. The van der Waals surface area contributed by atoms with Crippen molar-refractivity contribution in [2.75, 3.05) is 5.32 Å². The zero-order chi connectivity index (χ0) is 11.5. The van der Waals surface area contributed by atoms with E-state index in [-0.39, 0.29) is 0 Å². The molecule has 3 unspecified atom stereocenters. The number of hydrogen-bond donors (Lipinski definition) is 1. The van der Waals surface area contributed by atoms with Gasteiger partial charge in [-0.05, 0) is 36.8 Å². The van der Waals surface area contributed by atoms with E-state index >= 15 is 0 Å². The zero-order valence-corrected chi connectivity index (χ0v) is 9.77. The minimum atomic E-state index is 0.478. The molecule has 1 N–H and O–H groups in total. The van der Waals surface area contributed by atoms with Crippen LogP contribution in [0.25, 0.3) is 0 Å². The minimum absolute atomic E-state index is 0.478. The third-order valence-electron chi connectivity index (χ3n) is 3.72. The van der Waals surface area contributed by atoms with Crippen molar-refractivity contribution < 1.29 is 0 Å². The molecule has 1 aromatic rings. The summed E-state index contributed by atoms with van der Waals surface area (Å²) in [7, 11) is 0. The topological polar surface area (TPSA) is 48.7 Å².